The van der Waals surface area contributed by atoms with E-state index in [2.05, 4.69) is 36.4 Å². The zero-order valence-corrected chi connectivity index (χ0v) is 19.3. The number of ether oxygens (including phenoxy) is 2. The van der Waals surface area contributed by atoms with Gasteiger partial charge in [-0.15, -0.1) is 0 Å². The van der Waals surface area contributed by atoms with Gasteiger partial charge in [0.25, 0.3) is 0 Å². The van der Waals surface area contributed by atoms with Crippen molar-refractivity contribution in [3.63, 3.8) is 0 Å². The van der Waals surface area contributed by atoms with Gasteiger partial charge in [0.2, 0.25) is 0 Å². The first-order valence-electron chi connectivity index (χ1n) is 11.1. The molecule has 34 heavy (non-hydrogen) atoms. The monoisotopic (exact) mass is 447 g/mol. The third-order valence-corrected chi connectivity index (χ3v) is 5.27. The summed E-state index contributed by atoms with van der Waals surface area (Å²) in [6.45, 7) is 0. The molecule has 3 aromatic carbocycles. The maximum Gasteiger partial charge on any atom is 0.361 e. The van der Waals surface area contributed by atoms with Gasteiger partial charge in [0.15, 0.2) is 11.5 Å². The topological polar surface area (TPSA) is 29.8 Å². The summed E-state index contributed by atoms with van der Waals surface area (Å²) in [6.07, 6.45) is 11.9. The molecule has 0 spiro atoms. The van der Waals surface area contributed by atoms with E-state index >= 15 is 0 Å². The Morgan fingerprint density at radius 3 is 1.88 bits per heavy atom. The first kappa shape index (κ1) is 22.8. The minimum absolute atomic E-state index is 0.711. The van der Waals surface area contributed by atoms with Gasteiger partial charge in [-0.25, -0.2) is 4.42 Å². The van der Waals surface area contributed by atoms with Crippen molar-refractivity contribution in [2.24, 2.45) is 0 Å². The van der Waals surface area contributed by atoms with E-state index in [4.69, 9.17) is 13.9 Å². The van der Waals surface area contributed by atoms with Gasteiger partial charge >= 0.3 is 11.5 Å². The lowest BCUT2D eigenvalue weighted by Gasteiger charge is -2.07. The van der Waals surface area contributed by atoms with E-state index in [0.29, 0.717) is 5.75 Å². The molecule has 168 valence electrons. The molecule has 0 unspecified atom stereocenters. The van der Waals surface area contributed by atoms with Crippen LogP contribution in [0.1, 0.15) is 11.3 Å². The molecule has 0 radical (unpaired) electrons. The standard InChI is InChI=1S/C31H27O3/c1-32-29-20-19-24(21-31(29)33-2)13-7-3-4-12-18-28-22-27(25-14-8-5-9-15-25)23-30(34-28)26-16-10-6-11-17-26/h3-23H,1-2H3/q+1/b4-3+,13-7+,18-12+. The Bertz CT molecular complexity index is 1250. The van der Waals surface area contributed by atoms with E-state index in [1.807, 2.05) is 91.1 Å². The fourth-order valence-corrected chi connectivity index (χ4v) is 3.55. The van der Waals surface area contributed by atoms with Crippen molar-refractivity contribution in [3.8, 4) is 33.9 Å². The average Bonchev–Trinajstić information content (AvgIpc) is 2.91. The Hall–Kier alpha value is -4.37. The summed E-state index contributed by atoms with van der Waals surface area (Å²) < 4.78 is 16.8. The van der Waals surface area contributed by atoms with Gasteiger partial charge in [-0.05, 0) is 35.4 Å². The number of hydrogen-bond acceptors (Lipinski definition) is 2. The molecule has 3 nitrogen and oxygen atoms in total. The Morgan fingerprint density at radius 2 is 1.21 bits per heavy atom. The van der Waals surface area contributed by atoms with E-state index in [-0.39, 0.29) is 0 Å². The van der Waals surface area contributed by atoms with Crippen LogP contribution >= 0.6 is 0 Å². The van der Waals surface area contributed by atoms with Gasteiger partial charge in [0.05, 0.1) is 31.9 Å². The Morgan fingerprint density at radius 1 is 0.559 bits per heavy atom. The zero-order valence-electron chi connectivity index (χ0n) is 19.3. The molecule has 0 aliphatic heterocycles. The Labute approximate surface area is 200 Å². The quantitative estimate of drug-likeness (QED) is 0.201. The van der Waals surface area contributed by atoms with Crippen molar-refractivity contribution in [3.05, 3.63) is 127 Å². The van der Waals surface area contributed by atoms with Crippen LogP contribution in [0.5, 0.6) is 11.5 Å². The highest BCUT2D eigenvalue weighted by Crippen LogP contribution is 2.29. The van der Waals surface area contributed by atoms with Crippen LogP contribution < -0.4 is 9.47 Å². The summed E-state index contributed by atoms with van der Waals surface area (Å²) in [6, 6.07) is 30.5. The highest BCUT2D eigenvalue weighted by Gasteiger charge is 2.16. The largest absolute Gasteiger partial charge is 0.493 e. The van der Waals surface area contributed by atoms with Crippen molar-refractivity contribution < 1.29 is 13.9 Å². The summed E-state index contributed by atoms with van der Waals surface area (Å²) >= 11 is 0. The number of benzene rings is 3. The molecule has 0 fully saturated rings. The SMILES string of the molecule is COc1ccc(/C=C/C=C/C=C/c2cc(-c3ccccc3)cc(-c3ccccc3)[o+]2)cc1OC. The molecular weight excluding hydrogens is 420 g/mol. The van der Waals surface area contributed by atoms with Crippen molar-refractivity contribution >= 4 is 12.2 Å². The maximum atomic E-state index is 6.18. The highest BCUT2D eigenvalue weighted by molar-refractivity contribution is 5.71. The van der Waals surface area contributed by atoms with E-state index < -0.39 is 0 Å². The van der Waals surface area contributed by atoms with Crippen molar-refractivity contribution in [1.29, 1.82) is 0 Å². The summed E-state index contributed by atoms with van der Waals surface area (Å²) in [5.74, 6) is 3.05. The molecule has 0 aliphatic rings. The molecule has 0 atom stereocenters. The van der Waals surface area contributed by atoms with E-state index in [1.165, 1.54) is 0 Å². The number of rotatable bonds is 8. The first-order valence-corrected chi connectivity index (χ1v) is 11.1. The third kappa shape index (κ3) is 5.90. The lowest BCUT2D eigenvalue weighted by molar-refractivity contribution is 0.355. The normalized spacial score (nSPS) is 11.5. The van der Waals surface area contributed by atoms with Crippen LogP contribution in [0.25, 0.3) is 34.6 Å². The van der Waals surface area contributed by atoms with Crippen LogP contribution in [0.2, 0.25) is 0 Å². The molecule has 0 amide bonds. The van der Waals surface area contributed by atoms with Crippen LogP contribution in [0.4, 0.5) is 0 Å². The second-order valence-electron chi connectivity index (χ2n) is 7.56. The molecule has 4 rings (SSSR count). The first-order chi connectivity index (χ1) is 16.8. The average molecular weight is 448 g/mol. The maximum absolute atomic E-state index is 6.18. The fourth-order valence-electron chi connectivity index (χ4n) is 3.55. The Kier molecular flexibility index (Phi) is 7.70. The minimum Gasteiger partial charge on any atom is -0.493 e. The molecule has 0 N–H and O–H groups in total. The van der Waals surface area contributed by atoms with Crippen LogP contribution in [-0.2, 0) is 0 Å². The van der Waals surface area contributed by atoms with Crippen molar-refractivity contribution in [2.45, 2.75) is 0 Å². The van der Waals surface area contributed by atoms with Gasteiger partial charge < -0.3 is 9.47 Å². The van der Waals surface area contributed by atoms with Gasteiger partial charge in [-0.3, -0.25) is 0 Å². The number of hydrogen-bond donors (Lipinski definition) is 0. The van der Waals surface area contributed by atoms with Gasteiger partial charge in [-0.2, -0.15) is 0 Å². The highest BCUT2D eigenvalue weighted by atomic mass is 16.5. The van der Waals surface area contributed by atoms with Crippen LogP contribution in [0.3, 0.4) is 0 Å². The molecule has 0 saturated carbocycles. The van der Waals surface area contributed by atoms with Crippen molar-refractivity contribution in [2.75, 3.05) is 14.2 Å². The molecule has 4 aromatic rings. The second-order valence-corrected chi connectivity index (χ2v) is 7.56. The zero-order chi connectivity index (χ0) is 23.6. The fraction of sp³-hybridized carbons (Fsp3) is 0.0645. The molecular formula is C31H27O3+. The third-order valence-electron chi connectivity index (χ3n) is 5.27. The predicted molar refractivity (Wildman–Crippen MR) is 141 cm³/mol. The van der Waals surface area contributed by atoms with Crippen molar-refractivity contribution in [1.82, 2.24) is 0 Å². The van der Waals surface area contributed by atoms with Gasteiger partial charge in [0, 0.05) is 11.6 Å². The van der Waals surface area contributed by atoms with Crippen LogP contribution in [0.15, 0.2) is 120 Å². The molecule has 0 saturated heterocycles. The van der Waals surface area contributed by atoms with Gasteiger partial charge in [0.1, 0.15) is 0 Å². The smallest absolute Gasteiger partial charge is 0.361 e. The molecule has 0 bridgehead atoms. The molecule has 0 aliphatic carbocycles. The molecule has 3 heteroatoms. The minimum atomic E-state index is 0.711. The van der Waals surface area contributed by atoms with E-state index in [9.17, 15) is 0 Å². The molecule has 1 aromatic heterocycles. The lowest BCUT2D eigenvalue weighted by Crippen LogP contribution is -1.90. The number of methoxy groups -OCH3 is 2. The van der Waals surface area contributed by atoms with Crippen LogP contribution in [0, 0.1) is 0 Å². The Balaban J connectivity index is 1.53. The van der Waals surface area contributed by atoms with Crippen LogP contribution in [-0.4, -0.2) is 14.2 Å². The molecule has 1 heterocycles. The second kappa shape index (κ2) is 11.5. The lowest BCUT2D eigenvalue weighted by atomic mass is 10.0. The summed E-state index contributed by atoms with van der Waals surface area (Å²) in [4.78, 5) is 0. The van der Waals surface area contributed by atoms with E-state index in [1.54, 1.807) is 14.2 Å². The summed E-state index contributed by atoms with van der Waals surface area (Å²) in [7, 11) is 3.27. The van der Waals surface area contributed by atoms with E-state index in [0.717, 1.165) is 39.5 Å². The summed E-state index contributed by atoms with van der Waals surface area (Å²) in [5, 5.41) is 0. The summed E-state index contributed by atoms with van der Waals surface area (Å²) in [5.41, 5.74) is 4.34. The number of allylic oxidation sites excluding steroid dienone is 4. The predicted octanol–water partition coefficient (Wildman–Crippen LogP) is 8.19. The van der Waals surface area contributed by atoms with Gasteiger partial charge in [-0.1, -0.05) is 85.0 Å².